The van der Waals surface area contributed by atoms with Crippen LogP contribution in [0.25, 0.3) is 0 Å². The number of hydrogen-bond acceptors (Lipinski definition) is 7. The first-order chi connectivity index (χ1) is 16.2. The molecule has 0 aliphatic carbocycles. The third-order valence-corrected chi connectivity index (χ3v) is 5.40. The Kier molecular flexibility index (Phi) is 14.2. The number of hydrogen-bond donors (Lipinski definition) is 7. The van der Waals surface area contributed by atoms with Gasteiger partial charge in [-0.25, -0.2) is 4.79 Å². The van der Waals surface area contributed by atoms with Crippen LogP contribution in [0, 0.1) is 11.8 Å². The van der Waals surface area contributed by atoms with Crippen molar-refractivity contribution >= 4 is 35.6 Å². The predicted octanol–water partition coefficient (Wildman–Crippen LogP) is -0.325. The van der Waals surface area contributed by atoms with Crippen molar-refractivity contribution in [1.29, 1.82) is 0 Å². The molecule has 200 valence electrons. The van der Waals surface area contributed by atoms with E-state index in [0.29, 0.717) is 12.8 Å². The lowest BCUT2D eigenvalue weighted by Gasteiger charge is -2.28. The van der Waals surface area contributed by atoms with Crippen LogP contribution in [-0.4, -0.2) is 75.1 Å². The van der Waals surface area contributed by atoms with E-state index in [1.807, 2.05) is 13.8 Å². The zero-order valence-corrected chi connectivity index (χ0v) is 20.6. The Hall–Kier alpha value is -3.22. The van der Waals surface area contributed by atoms with Gasteiger partial charge in [-0.1, -0.05) is 34.1 Å². The van der Waals surface area contributed by atoms with Crippen molar-refractivity contribution < 1.29 is 44.1 Å². The Balaban J connectivity index is 5.63. The highest BCUT2D eigenvalue weighted by Gasteiger charge is 2.32. The molecule has 0 aliphatic heterocycles. The summed E-state index contributed by atoms with van der Waals surface area (Å²) in [4.78, 5) is 71.5. The van der Waals surface area contributed by atoms with Gasteiger partial charge >= 0.3 is 17.9 Å². The minimum atomic E-state index is -1.55. The van der Waals surface area contributed by atoms with Crippen LogP contribution in [0.5, 0.6) is 0 Å². The largest absolute Gasteiger partial charge is 0.481 e. The number of carbonyl (C=O) groups excluding carboxylic acids is 3. The van der Waals surface area contributed by atoms with Gasteiger partial charge in [0.15, 0.2) is 0 Å². The van der Waals surface area contributed by atoms with Gasteiger partial charge in [-0.05, 0) is 31.1 Å². The summed E-state index contributed by atoms with van der Waals surface area (Å²) in [5.74, 6) is -6.50. The molecule has 35 heavy (non-hydrogen) atoms. The molecule has 0 saturated carbocycles. The number of aliphatic carboxylic acids is 3. The van der Waals surface area contributed by atoms with E-state index in [1.54, 1.807) is 13.8 Å². The molecule has 0 heterocycles. The second kappa shape index (κ2) is 15.6. The predicted molar refractivity (Wildman–Crippen MR) is 124 cm³/mol. The summed E-state index contributed by atoms with van der Waals surface area (Å²) >= 11 is 0. The number of carboxylic acids is 3. The quantitative estimate of drug-likeness (QED) is 0.137. The zero-order chi connectivity index (χ0) is 27.3. The van der Waals surface area contributed by atoms with Crippen LogP contribution in [0.15, 0.2) is 0 Å². The SMILES string of the molecule is CCC(C)C(NC(=O)C(N)CC(C)C)C(=O)NC(CCC(=O)O)C(=O)NC(CCC(=O)O)C(=O)O. The minimum absolute atomic E-state index is 0.138. The lowest BCUT2D eigenvalue weighted by molar-refractivity contribution is -0.144. The lowest BCUT2D eigenvalue weighted by Crippen LogP contribution is -2.58. The van der Waals surface area contributed by atoms with Crippen LogP contribution < -0.4 is 21.7 Å². The molecule has 0 aromatic rings. The second-order valence-corrected chi connectivity index (χ2v) is 8.93. The Morgan fingerprint density at radius 1 is 0.743 bits per heavy atom. The third-order valence-electron chi connectivity index (χ3n) is 5.40. The molecule has 0 aromatic carbocycles. The van der Waals surface area contributed by atoms with Gasteiger partial charge in [0, 0.05) is 12.8 Å². The Bertz CT molecular complexity index is 772. The monoisotopic (exact) mass is 502 g/mol. The average molecular weight is 503 g/mol. The van der Waals surface area contributed by atoms with Gasteiger partial charge < -0.3 is 37.0 Å². The molecule has 13 heteroatoms. The normalized spacial score (nSPS) is 15.3. The fourth-order valence-corrected chi connectivity index (χ4v) is 3.17. The molecule has 3 amide bonds. The van der Waals surface area contributed by atoms with Crippen molar-refractivity contribution in [3.63, 3.8) is 0 Å². The van der Waals surface area contributed by atoms with Crippen molar-refractivity contribution in [2.24, 2.45) is 17.6 Å². The van der Waals surface area contributed by atoms with Crippen LogP contribution in [-0.2, 0) is 28.8 Å². The molecule has 13 nitrogen and oxygen atoms in total. The number of carbonyl (C=O) groups is 6. The molecule has 0 radical (unpaired) electrons. The molecule has 0 saturated heterocycles. The fraction of sp³-hybridized carbons (Fsp3) is 0.727. The molecule has 0 bridgehead atoms. The highest BCUT2D eigenvalue weighted by Crippen LogP contribution is 2.11. The van der Waals surface area contributed by atoms with Gasteiger partial charge in [-0.15, -0.1) is 0 Å². The third kappa shape index (κ3) is 12.7. The lowest BCUT2D eigenvalue weighted by atomic mass is 9.96. The fourth-order valence-electron chi connectivity index (χ4n) is 3.17. The maximum Gasteiger partial charge on any atom is 0.326 e. The Morgan fingerprint density at radius 2 is 1.23 bits per heavy atom. The second-order valence-electron chi connectivity index (χ2n) is 8.93. The molecule has 0 spiro atoms. The van der Waals surface area contributed by atoms with Crippen molar-refractivity contribution in [1.82, 2.24) is 16.0 Å². The van der Waals surface area contributed by atoms with E-state index in [0.717, 1.165) is 0 Å². The van der Waals surface area contributed by atoms with Crippen LogP contribution >= 0.6 is 0 Å². The van der Waals surface area contributed by atoms with Gasteiger partial charge in [0.25, 0.3) is 0 Å². The highest BCUT2D eigenvalue weighted by molar-refractivity contribution is 5.94. The van der Waals surface area contributed by atoms with Gasteiger partial charge in [-0.2, -0.15) is 0 Å². The smallest absolute Gasteiger partial charge is 0.326 e. The van der Waals surface area contributed by atoms with Crippen LogP contribution in [0.3, 0.4) is 0 Å². The number of nitrogens with one attached hydrogen (secondary N) is 3. The van der Waals surface area contributed by atoms with Crippen molar-refractivity contribution in [3.8, 4) is 0 Å². The molecule has 5 atom stereocenters. The standard InChI is InChI=1S/C22H38N4O9/c1-5-12(4)18(26-19(31)13(23)10-11(2)3)21(33)24-14(6-8-16(27)28)20(32)25-15(22(34)35)7-9-17(29)30/h11-15,18H,5-10,23H2,1-4H3,(H,24,33)(H,25,32)(H,26,31)(H,27,28)(H,29,30)(H,34,35). The molecule has 5 unspecified atom stereocenters. The Morgan fingerprint density at radius 3 is 1.66 bits per heavy atom. The summed E-state index contributed by atoms with van der Waals surface area (Å²) in [6.07, 6.45) is -0.925. The summed E-state index contributed by atoms with van der Waals surface area (Å²) < 4.78 is 0. The summed E-state index contributed by atoms with van der Waals surface area (Å²) in [5.41, 5.74) is 5.90. The number of amides is 3. The maximum atomic E-state index is 13.0. The molecular formula is C22H38N4O9. The van der Waals surface area contributed by atoms with E-state index >= 15 is 0 Å². The van der Waals surface area contributed by atoms with Crippen molar-refractivity contribution in [2.45, 2.75) is 90.4 Å². The molecule has 0 fully saturated rings. The highest BCUT2D eigenvalue weighted by atomic mass is 16.4. The molecular weight excluding hydrogens is 464 g/mol. The van der Waals surface area contributed by atoms with Gasteiger partial charge in [0.1, 0.15) is 18.1 Å². The van der Waals surface area contributed by atoms with Crippen LogP contribution in [0.4, 0.5) is 0 Å². The topological polar surface area (TPSA) is 225 Å². The maximum absolute atomic E-state index is 13.0. The first-order valence-electron chi connectivity index (χ1n) is 11.5. The van der Waals surface area contributed by atoms with Gasteiger partial charge in [-0.3, -0.25) is 24.0 Å². The number of carboxylic acid groups (broad SMARTS) is 3. The first-order valence-corrected chi connectivity index (χ1v) is 11.5. The summed E-state index contributed by atoms with van der Waals surface area (Å²) in [6, 6.07) is -4.92. The summed E-state index contributed by atoms with van der Waals surface area (Å²) in [5, 5.41) is 34.2. The van der Waals surface area contributed by atoms with Crippen LogP contribution in [0.1, 0.15) is 66.2 Å². The van der Waals surface area contributed by atoms with E-state index in [9.17, 15) is 33.9 Å². The van der Waals surface area contributed by atoms with Crippen molar-refractivity contribution in [3.05, 3.63) is 0 Å². The van der Waals surface area contributed by atoms with E-state index in [1.165, 1.54) is 0 Å². The van der Waals surface area contributed by atoms with E-state index in [-0.39, 0.29) is 18.3 Å². The molecule has 0 aromatic heterocycles. The number of nitrogens with two attached hydrogens (primary N) is 1. The zero-order valence-electron chi connectivity index (χ0n) is 20.6. The Labute approximate surface area is 204 Å². The minimum Gasteiger partial charge on any atom is -0.481 e. The summed E-state index contributed by atoms with van der Waals surface area (Å²) in [7, 11) is 0. The van der Waals surface area contributed by atoms with Crippen molar-refractivity contribution in [2.75, 3.05) is 0 Å². The first kappa shape index (κ1) is 31.8. The summed E-state index contributed by atoms with van der Waals surface area (Å²) in [6.45, 7) is 7.27. The van der Waals surface area contributed by atoms with Crippen LogP contribution in [0.2, 0.25) is 0 Å². The van der Waals surface area contributed by atoms with E-state index in [2.05, 4.69) is 16.0 Å². The van der Waals surface area contributed by atoms with Gasteiger partial charge in [0.2, 0.25) is 17.7 Å². The number of rotatable bonds is 17. The molecule has 0 rings (SSSR count). The average Bonchev–Trinajstić information content (AvgIpc) is 2.75. The molecule has 0 aliphatic rings. The van der Waals surface area contributed by atoms with E-state index < -0.39 is 79.1 Å². The van der Waals surface area contributed by atoms with E-state index in [4.69, 9.17) is 15.9 Å². The van der Waals surface area contributed by atoms with Gasteiger partial charge in [0.05, 0.1) is 6.04 Å². The molecule has 8 N–H and O–H groups in total.